The molecule has 4 aromatic rings. The van der Waals surface area contributed by atoms with Gasteiger partial charge in [-0.15, -0.1) is 0 Å². The van der Waals surface area contributed by atoms with E-state index in [1.165, 1.54) is 18.3 Å². The first-order valence-corrected chi connectivity index (χ1v) is 11.9. The number of rotatable bonds is 8. The first-order valence-electron chi connectivity index (χ1n) is 11.9. The molecule has 6 nitrogen and oxygen atoms in total. The molecule has 0 saturated carbocycles. The number of benzene rings is 3. The van der Waals surface area contributed by atoms with Crippen LogP contribution < -0.4 is 15.0 Å². The number of aromatic nitrogens is 2. The van der Waals surface area contributed by atoms with Gasteiger partial charge in [-0.2, -0.15) is 22.9 Å². The minimum atomic E-state index is -4.55. The standard InChI is InChI=1S/C28H26F3N3O3/c1-4-18(3)37-24-14-13-19(15-25(24)36-5-2)17-32-34-26(20-9-8-10-21(16-20)28(29,30)31)33-23-12-7-6-11-22(23)27(34)35/h6-18H,4-5H2,1-3H3/t18-/m0/s1. The first kappa shape index (κ1) is 25.9. The highest BCUT2D eigenvalue weighted by molar-refractivity contribution is 5.82. The molecule has 0 amide bonds. The number of halogens is 3. The molecule has 3 aromatic carbocycles. The van der Waals surface area contributed by atoms with Crippen LogP contribution in [0.5, 0.6) is 11.5 Å². The Morgan fingerprint density at radius 1 is 1.03 bits per heavy atom. The maximum absolute atomic E-state index is 13.4. The number of fused-ring (bicyclic) bond motifs is 1. The molecule has 1 atom stereocenters. The molecule has 0 radical (unpaired) electrons. The van der Waals surface area contributed by atoms with Gasteiger partial charge in [-0.3, -0.25) is 4.79 Å². The molecule has 1 heterocycles. The van der Waals surface area contributed by atoms with Gasteiger partial charge in [0.1, 0.15) is 0 Å². The fraction of sp³-hybridized carbons (Fsp3) is 0.250. The van der Waals surface area contributed by atoms with Crippen molar-refractivity contribution in [3.63, 3.8) is 0 Å². The fourth-order valence-corrected chi connectivity index (χ4v) is 3.65. The van der Waals surface area contributed by atoms with Crippen molar-refractivity contribution in [2.24, 2.45) is 5.10 Å². The molecule has 0 aliphatic heterocycles. The van der Waals surface area contributed by atoms with Gasteiger partial charge in [-0.25, -0.2) is 4.98 Å². The van der Waals surface area contributed by atoms with Gasteiger partial charge >= 0.3 is 6.18 Å². The quantitative estimate of drug-likeness (QED) is 0.253. The molecule has 0 fully saturated rings. The molecule has 4 rings (SSSR count). The Morgan fingerprint density at radius 2 is 1.81 bits per heavy atom. The maximum Gasteiger partial charge on any atom is 0.416 e. The third-order valence-electron chi connectivity index (χ3n) is 5.69. The summed E-state index contributed by atoms with van der Waals surface area (Å²) in [6, 6.07) is 16.5. The summed E-state index contributed by atoms with van der Waals surface area (Å²) in [5.41, 5.74) is -0.272. The smallest absolute Gasteiger partial charge is 0.416 e. The van der Waals surface area contributed by atoms with E-state index in [-0.39, 0.29) is 17.5 Å². The molecule has 37 heavy (non-hydrogen) atoms. The van der Waals surface area contributed by atoms with Crippen molar-refractivity contribution < 1.29 is 22.6 Å². The van der Waals surface area contributed by atoms with Crippen LogP contribution in [-0.2, 0) is 6.18 Å². The lowest BCUT2D eigenvalue weighted by Crippen LogP contribution is -2.20. The fourth-order valence-electron chi connectivity index (χ4n) is 3.65. The van der Waals surface area contributed by atoms with E-state index in [9.17, 15) is 18.0 Å². The summed E-state index contributed by atoms with van der Waals surface area (Å²) in [6.07, 6.45) is -2.29. The summed E-state index contributed by atoms with van der Waals surface area (Å²) in [7, 11) is 0. The first-order chi connectivity index (χ1) is 17.7. The second-order valence-electron chi connectivity index (χ2n) is 8.37. The van der Waals surface area contributed by atoms with E-state index in [1.54, 1.807) is 42.5 Å². The second-order valence-corrected chi connectivity index (χ2v) is 8.37. The summed E-state index contributed by atoms with van der Waals surface area (Å²) < 4.78 is 52.8. The van der Waals surface area contributed by atoms with Crippen molar-refractivity contribution in [2.45, 2.75) is 39.5 Å². The molecule has 0 bridgehead atoms. The van der Waals surface area contributed by atoms with Gasteiger partial charge in [0.15, 0.2) is 17.3 Å². The van der Waals surface area contributed by atoms with Crippen molar-refractivity contribution >= 4 is 17.1 Å². The Morgan fingerprint density at radius 3 is 2.54 bits per heavy atom. The van der Waals surface area contributed by atoms with Crippen molar-refractivity contribution in [1.29, 1.82) is 0 Å². The van der Waals surface area contributed by atoms with E-state index >= 15 is 0 Å². The molecule has 9 heteroatoms. The van der Waals surface area contributed by atoms with Crippen molar-refractivity contribution in [3.8, 4) is 22.9 Å². The Hall–Kier alpha value is -4.14. The summed E-state index contributed by atoms with van der Waals surface area (Å²) in [5.74, 6) is 1.10. The van der Waals surface area contributed by atoms with Crippen LogP contribution in [0.1, 0.15) is 38.3 Å². The number of hydrogen-bond donors (Lipinski definition) is 0. The van der Waals surface area contributed by atoms with Gasteiger partial charge in [-0.1, -0.05) is 31.2 Å². The highest BCUT2D eigenvalue weighted by Gasteiger charge is 2.31. The maximum atomic E-state index is 13.4. The number of nitrogens with zero attached hydrogens (tertiary/aromatic N) is 3. The lowest BCUT2D eigenvalue weighted by atomic mass is 10.1. The van der Waals surface area contributed by atoms with E-state index in [0.717, 1.165) is 23.2 Å². The third kappa shape index (κ3) is 5.82. The zero-order chi connectivity index (χ0) is 26.6. The number of alkyl halides is 3. The average Bonchev–Trinajstić information content (AvgIpc) is 2.89. The van der Waals surface area contributed by atoms with E-state index in [1.807, 2.05) is 20.8 Å². The van der Waals surface area contributed by atoms with Gasteiger partial charge in [0.2, 0.25) is 0 Å². The van der Waals surface area contributed by atoms with Crippen molar-refractivity contribution in [2.75, 3.05) is 6.61 Å². The number of ether oxygens (including phenoxy) is 2. The molecule has 0 saturated heterocycles. The Bertz CT molecular complexity index is 1500. The van der Waals surface area contributed by atoms with Crippen LogP contribution in [0.25, 0.3) is 22.3 Å². The zero-order valence-electron chi connectivity index (χ0n) is 20.6. The lowest BCUT2D eigenvalue weighted by molar-refractivity contribution is -0.137. The van der Waals surface area contributed by atoms with Gasteiger partial charge in [0, 0.05) is 5.56 Å². The topological polar surface area (TPSA) is 65.7 Å². The molecule has 1 aromatic heterocycles. The highest BCUT2D eigenvalue weighted by atomic mass is 19.4. The van der Waals surface area contributed by atoms with Gasteiger partial charge in [0.25, 0.3) is 5.56 Å². The predicted octanol–water partition coefficient (Wildman–Crippen LogP) is 6.54. The molecule has 0 unspecified atom stereocenters. The van der Waals surface area contributed by atoms with Crippen molar-refractivity contribution in [1.82, 2.24) is 9.66 Å². The summed E-state index contributed by atoms with van der Waals surface area (Å²) in [5, 5.41) is 4.64. The van der Waals surface area contributed by atoms with Crippen LogP contribution in [0.4, 0.5) is 13.2 Å². The van der Waals surface area contributed by atoms with E-state index in [0.29, 0.717) is 34.6 Å². The van der Waals surface area contributed by atoms with Gasteiger partial charge in [-0.05, 0) is 68.3 Å². The number of hydrogen-bond acceptors (Lipinski definition) is 5. The molecular weight excluding hydrogens is 483 g/mol. The SMILES string of the molecule is CCOc1cc(C=Nn2c(-c3cccc(C(F)(F)F)c3)nc3ccccc3c2=O)ccc1O[C@@H](C)CC. The molecule has 0 aliphatic carbocycles. The van der Waals surface area contributed by atoms with Crippen molar-refractivity contribution in [3.05, 3.63) is 88.2 Å². The Kier molecular flexibility index (Phi) is 7.61. The summed E-state index contributed by atoms with van der Waals surface area (Å²) in [6.45, 7) is 6.25. The zero-order valence-corrected chi connectivity index (χ0v) is 20.6. The molecule has 0 N–H and O–H groups in total. The van der Waals surface area contributed by atoms with Crippen LogP contribution in [-0.4, -0.2) is 28.6 Å². The molecule has 192 valence electrons. The monoisotopic (exact) mass is 509 g/mol. The summed E-state index contributed by atoms with van der Waals surface area (Å²) in [4.78, 5) is 17.8. The normalized spacial score (nSPS) is 12.7. The van der Waals surface area contributed by atoms with Crippen LogP contribution >= 0.6 is 0 Å². The predicted molar refractivity (Wildman–Crippen MR) is 137 cm³/mol. The average molecular weight is 510 g/mol. The molecular formula is C28H26F3N3O3. The van der Waals surface area contributed by atoms with Crippen LogP contribution in [0.3, 0.4) is 0 Å². The van der Waals surface area contributed by atoms with E-state index < -0.39 is 17.3 Å². The molecule has 0 aliphatic rings. The number of para-hydroxylation sites is 1. The van der Waals surface area contributed by atoms with E-state index in [2.05, 4.69) is 10.1 Å². The Balaban J connectivity index is 1.83. The van der Waals surface area contributed by atoms with E-state index in [4.69, 9.17) is 9.47 Å². The summed E-state index contributed by atoms with van der Waals surface area (Å²) >= 11 is 0. The van der Waals surface area contributed by atoms with Gasteiger partial charge in [0.05, 0.1) is 35.4 Å². The van der Waals surface area contributed by atoms with Crippen LogP contribution in [0, 0.1) is 0 Å². The van der Waals surface area contributed by atoms with Gasteiger partial charge < -0.3 is 9.47 Å². The van der Waals surface area contributed by atoms with Crippen LogP contribution in [0.15, 0.2) is 76.6 Å². The highest BCUT2D eigenvalue weighted by Crippen LogP contribution is 2.32. The third-order valence-corrected chi connectivity index (χ3v) is 5.69. The minimum absolute atomic E-state index is 0.00371. The largest absolute Gasteiger partial charge is 0.490 e. The Labute approximate surface area is 212 Å². The van der Waals surface area contributed by atoms with Crippen LogP contribution in [0.2, 0.25) is 0 Å². The lowest BCUT2D eigenvalue weighted by Gasteiger charge is -2.16. The molecule has 0 spiro atoms. The second kappa shape index (κ2) is 10.9. The minimum Gasteiger partial charge on any atom is -0.490 e.